The summed E-state index contributed by atoms with van der Waals surface area (Å²) in [6, 6.07) is 0. The minimum absolute atomic E-state index is 0.376. The third kappa shape index (κ3) is 7.40. The number of hydrogen-bond donors (Lipinski definition) is 2. The van der Waals surface area contributed by atoms with E-state index in [0.717, 1.165) is 18.8 Å². The fraction of sp³-hybridized carbons (Fsp3) is 0.750. The van der Waals surface area contributed by atoms with Crippen LogP contribution in [0.3, 0.4) is 0 Å². The molecule has 1 aromatic heterocycles. The molecule has 0 aromatic carbocycles. The highest BCUT2D eigenvalue weighted by Crippen LogP contribution is 2.06. The van der Waals surface area contributed by atoms with Gasteiger partial charge in [-0.3, -0.25) is 4.68 Å². The SMILES string of the molecule is Cn1cnc(CNCCCNC(=O)OC(C)(C)C)n1. The van der Waals surface area contributed by atoms with Crippen LogP contribution in [0.5, 0.6) is 0 Å². The molecule has 1 aromatic rings. The molecule has 1 heterocycles. The van der Waals surface area contributed by atoms with Gasteiger partial charge in [-0.1, -0.05) is 0 Å². The van der Waals surface area contributed by atoms with Crippen molar-refractivity contribution in [2.24, 2.45) is 7.05 Å². The highest BCUT2D eigenvalue weighted by molar-refractivity contribution is 5.67. The summed E-state index contributed by atoms with van der Waals surface area (Å²) in [5.41, 5.74) is -0.451. The molecule has 7 heteroatoms. The van der Waals surface area contributed by atoms with E-state index in [1.54, 1.807) is 11.0 Å². The van der Waals surface area contributed by atoms with E-state index in [9.17, 15) is 4.79 Å². The molecule has 0 atom stereocenters. The molecule has 0 saturated heterocycles. The van der Waals surface area contributed by atoms with Crippen LogP contribution in [0.2, 0.25) is 0 Å². The Labute approximate surface area is 113 Å². The highest BCUT2D eigenvalue weighted by Gasteiger charge is 2.15. The van der Waals surface area contributed by atoms with Gasteiger partial charge in [0.05, 0.1) is 6.54 Å². The summed E-state index contributed by atoms with van der Waals surface area (Å²) in [7, 11) is 1.83. The van der Waals surface area contributed by atoms with Gasteiger partial charge in [-0.15, -0.1) is 0 Å². The zero-order chi connectivity index (χ0) is 14.3. The maximum absolute atomic E-state index is 11.3. The van der Waals surface area contributed by atoms with Gasteiger partial charge in [0.25, 0.3) is 0 Å². The Kier molecular flexibility index (Phi) is 5.75. The Morgan fingerprint density at radius 3 is 2.74 bits per heavy atom. The van der Waals surface area contributed by atoms with Gasteiger partial charge in [-0.25, -0.2) is 9.78 Å². The van der Waals surface area contributed by atoms with E-state index in [-0.39, 0.29) is 6.09 Å². The average Bonchev–Trinajstić information content (AvgIpc) is 2.67. The lowest BCUT2D eigenvalue weighted by molar-refractivity contribution is 0.0527. The molecule has 0 spiro atoms. The molecule has 2 N–H and O–H groups in total. The largest absolute Gasteiger partial charge is 0.444 e. The molecule has 19 heavy (non-hydrogen) atoms. The summed E-state index contributed by atoms with van der Waals surface area (Å²) in [5, 5.41) is 10.1. The predicted octanol–water partition coefficient (Wildman–Crippen LogP) is 0.819. The van der Waals surface area contributed by atoms with Crippen molar-refractivity contribution in [1.82, 2.24) is 25.4 Å². The number of aryl methyl sites for hydroxylation is 1. The van der Waals surface area contributed by atoms with E-state index in [4.69, 9.17) is 4.74 Å². The molecule has 0 aliphatic rings. The molecule has 0 bridgehead atoms. The van der Waals surface area contributed by atoms with Crippen molar-refractivity contribution >= 4 is 6.09 Å². The molecule has 0 fully saturated rings. The Morgan fingerprint density at radius 2 is 2.16 bits per heavy atom. The Hall–Kier alpha value is -1.63. The highest BCUT2D eigenvalue weighted by atomic mass is 16.6. The topological polar surface area (TPSA) is 81.1 Å². The first kappa shape index (κ1) is 15.4. The standard InChI is InChI=1S/C12H23N5O2/c1-12(2,3)19-11(18)14-7-5-6-13-8-10-15-9-17(4)16-10/h9,13H,5-8H2,1-4H3,(H,14,18). The van der Waals surface area contributed by atoms with Crippen LogP contribution in [0.1, 0.15) is 33.0 Å². The first-order chi connectivity index (χ1) is 8.87. The van der Waals surface area contributed by atoms with Gasteiger partial charge in [0, 0.05) is 13.6 Å². The average molecular weight is 269 g/mol. The van der Waals surface area contributed by atoms with Crippen molar-refractivity contribution in [3.8, 4) is 0 Å². The lowest BCUT2D eigenvalue weighted by Gasteiger charge is -2.19. The van der Waals surface area contributed by atoms with E-state index < -0.39 is 5.60 Å². The maximum Gasteiger partial charge on any atom is 0.407 e. The zero-order valence-electron chi connectivity index (χ0n) is 12.1. The van der Waals surface area contributed by atoms with Gasteiger partial charge >= 0.3 is 6.09 Å². The number of nitrogens with one attached hydrogen (secondary N) is 2. The molecule has 0 aliphatic carbocycles. The number of carbonyl (C=O) groups is 1. The monoisotopic (exact) mass is 269 g/mol. The number of hydrogen-bond acceptors (Lipinski definition) is 5. The van der Waals surface area contributed by atoms with Crippen LogP contribution in [0.4, 0.5) is 4.79 Å². The Morgan fingerprint density at radius 1 is 1.42 bits per heavy atom. The van der Waals surface area contributed by atoms with Crippen molar-refractivity contribution in [2.45, 2.75) is 39.3 Å². The zero-order valence-corrected chi connectivity index (χ0v) is 12.1. The number of amides is 1. The third-order valence-electron chi connectivity index (χ3n) is 2.13. The van der Waals surface area contributed by atoms with E-state index >= 15 is 0 Å². The van der Waals surface area contributed by atoms with Gasteiger partial charge in [-0.05, 0) is 33.7 Å². The fourth-order valence-corrected chi connectivity index (χ4v) is 1.38. The van der Waals surface area contributed by atoms with Crippen LogP contribution in [-0.2, 0) is 18.3 Å². The quantitative estimate of drug-likeness (QED) is 0.747. The maximum atomic E-state index is 11.3. The number of aromatic nitrogens is 3. The number of nitrogens with zero attached hydrogens (tertiary/aromatic N) is 3. The summed E-state index contributed by atoms with van der Waals surface area (Å²) in [5.74, 6) is 0.766. The van der Waals surface area contributed by atoms with Crippen LogP contribution in [-0.4, -0.2) is 39.5 Å². The molecule has 0 unspecified atom stereocenters. The van der Waals surface area contributed by atoms with E-state index in [2.05, 4.69) is 20.7 Å². The van der Waals surface area contributed by atoms with Crippen molar-refractivity contribution in [2.75, 3.05) is 13.1 Å². The molecule has 0 saturated carbocycles. The van der Waals surface area contributed by atoms with E-state index in [1.807, 2.05) is 27.8 Å². The van der Waals surface area contributed by atoms with E-state index in [1.165, 1.54) is 0 Å². The van der Waals surface area contributed by atoms with Crippen LogP contribution in [0, 0.1) is 0 Å². The Bertz CT molecular complexity index is 397. The molecule has 0 aliphatic heterocycles. The number of alkyl carbamates (subject to hydrolysis) is 1. The minimum Gasteiger partial charge on any atom is -0.444 e. The van der Waals surface area contributed by atoms with Crippen molar-refractivity contribution in [1.29, 1.82) is 0 Å². The summed E-state index contributed by atoms with van der Waals surface area (Å²) in [6.45, 7) is 7.52. The molecule has 0 radical (unpaired) electrons. The van der Waals surface area contributed by atoms with Gasteiger partial charge < -0.3 is 15.4 Å². The number of ether oxygens (including phenoxy) is 1. The molecule has 1 amide bonds. The molecular formula is C12H23N5O2. The second-order valence-corrected chi connectivity index (χ2v) is 5.29. The third-order valence-corrected chi connectivity index (χ3v) is 2.13. The first-order valence-corrected chi connectivity index (χ1v) is 6.39. The van der Waals surface area contributed by atoms with Crippen molar-refractivity contribution < 1.29 is 9.53 Å². The summed E-state index contributed by atoms with van der Waals surface area (Å²) >= 11 is 0. The van der Waals surface area contributed by atoms with Gasteiger partial charge in [0.15, 0.2) is 5.82 Å². The van der Waals surface area contributed by atoms with Gasteiger partial charge in [0.2, 0.25) is 0 Å². The molecule has 108 valence electrons. The summed E-state index contributed by atoms with van der Waals surface area (Å²) in [4.78, 5) is 15.4. The van der Waals surface area contributed by atoms with Crippen molar-refractivity contribution in [3.63, 3.8) is 0 Å². The number of rotatable bonds is 6. The van der Waals surface area contributed by atoms with Gasteiger partial charge in [-0.2, -0.15) is 5.10 Å². The van der Waals surface area contributed by atoms with Crippen LogP contribution in [0.25, 0.3) is 0 Å². The second-order valence-electron chi connectivity index (χ2n) is 5.29. The van der Waals surface area contributed by atoms with Crippen LogP contribution in [0.15, 0.2) is 6.33 Å². The molecule has 7 nitrogen and oxygen atoms in total. The molecule has 1 rings (SSSR count). The van der Waals surface area contributed by atoms with Crippen molar-refractivity contribution in [3.05, 3.63) is 12.2 Å². The number of carbonyl (C=O) groups excluding carboxylic acids is 1. The smallest absolute Gasteiger partial charge is 0.407 e. The molecular weight excluding hydrogens is 246 g/mol. The lowest BCUT2D eigenvalue weighted by Crippen LogP contribution is -2.33. The second kappa shape index (κ2) is 7.08. The van der Waals surface area contributed by atoms with Gasteiger partial charge in [0.1, 0.15) is 11.9 Å². The van der Waals surface area contributed by atoms with Crippen LogP contribution >= 0.6 is 0 Å². The summed E-state index contributed by atoms with van der Waals surface area (Å²) in [6.07, 6.45) is 2.12. The fourth-order valence-electron chi connectivity index (χ4n) is 1.38. The normalized spacial score (nSPS) is 11.4. The predicted molar refractivity (Wildman–Crippen MR) is 71.6 cm³/mol. The summed E-state index contributed by atoms with van der Waals surface area (Å²) < 4.78 is 6.79. The van der Waals surface area contributed by atoms with E-state index in [0.29, 0.717) is 13.1 Å². The lowest BCUT2D eigenvalue weighted by atomic mass is 10.2. The first-order valence-electron chi connectivity index (χ1n) is 6.39. The Balaban J connectivity index is 2.01. The minimum atomic E-state index is -0.451. The van der Waals surface area contributed by atoms with Crippen LogP contribution < -0.4 is 10.6 Å².